The molecule has 2 heterocycles. The van der Waals surface area contributed by atoms with E-state index in [9.17, 15) is 0 Å². The molecule has 0 fully saturated rings. The number of ether oxygens (including phenoxy) is 2. The summed E-state index contributed by atoms with van der Waals surface area (Å²) in [7, 11) is 0. The molecule has 112 valence electrons. The largest absolute Gasteiger partial charge is 0.486 e. The van der Waals surface area contributed by atoms with E-state index in [2.05, 4.69) is 12.2 Å². The number of hydrogen-bond donors (Lipinski definition) is 1. The Morgan fingerprint density at radius 3 is 2.81 bits per heavy atom. The van der Waals surface area contributed by atoms with E-state index < -0.39 is 0 Å². The van der Waals surface area contributed by atoms with Gasteiger partial charge in [-0.05, 0) is 43.7 Å². The number of rotatable bonds is 4. The Balaban J connectivity index is 1.69. The fraction of sp³-hybridized carbons (Fsp3) is 0.375. The quantitative estimate of drug-likeness (QED) is 0.931. The van der Waals surface area contributed by atoms with Crippen molar-refractivity contribution in [2.45, 2.75) is 26.4 Å². The molecular formula is C16H18ClNO3. The number of aryl methyl sites for hydroxylation is 1. The van der Waals surface area contributed by atoms with Crippen LogP contribution >= 0.6 is 11.6 Å². The minimum Gasteiger partial charge on any atom is -0.486 e. The number of furan rings is 1. The predicted molar refractivity (Wildman–Crippen MR) is 81.1 cm³/mol. The van der Waals surface area contributed by atoms with E-state index in [4.69, 9.17) is 25.5 Å². The van der Waals surface area contributed by atoms with E-state index in [1.165, 1.54) is 0 Å². The van der Waals surface area contributed by atoms with Gasteiger partial charge in [-0.2, -0.15) is 0 Å². The summed E-state index contributed by atoms with van der Waals surface area (Å²) in [5.74, 6) is 3.20. The van der Waals surface area contributed by atoms with Gasteiger partial charge in [-0.25, -0.2) is 0 Å². The highest BCUT2D eigenvalue weighted by molar-refractivity contribution is 6.32. The van der Waals surface area contributed by atoms with Crippen molar-refractivity contribution in [1.82, 2.24) is 5.32 Å². The molecule has 1 aliphatic rings. The van der Waals surface area contributed by atoms with E-state index in [0.717, 1.165) is 17.1 Å². The average Bonchev–Trinajstić information content (AvgIpc) is 2.91. The van der Waals surface area contributed by atoms with Crippen molar-refractivity contribution in [2.24, 2.45) is 0 Å². The molecule has 0 aliphatic carbocycles. The smallest absolute Gasteiger partial charge is 0.179 e. The maximum absolute atomic E-state index is 6.23. The molecule has 2 aromatic rings. The summed E-state index contributed by atoms with van der Waals surface area (Å²) in [6.07, 6.45) is 0. The van der Waals surface area contributed by atoms with Crippen LogP contribution in [0.5, 0.6) is 11.5 Å². The summed E-state index contributed by atoms with van der Waals surface area (Å²) >= 11 is 6.23. The fourth-order valence-electron chi connectivity index (χ4n) is 2.32. The van der Waals surface area contributed by atoms with Crippen molar-refractivity contribution < 1.29 is 13.9 Å². The molecule has 1 aromatic heterocycles. The molecular weight excluding hydrogens is 290 g/mol. The molecule has 4 nitrogen and oxygen atoms in total. The van der Waals surface area contributed by atoms with E-state index in [0.29, 0.717) is 36.3 Å². The zero-order chi connectivity index (χ0) is 14.8. The third-order valence-corrected chi connectivity index (χ3v) is 3.74. The van der Waals surface area contributed by atoms with Gasteiger partial charge in [0.2, 0.25) is 0 Å². The molecule has 1 aliphatic heterocycles. The fourth-order valence-corrected chi connectivity index (χ4v) is 2.61. The summed E-state index contributed by atoms with van der Waals surface area (Å²) in [6.45, 7) is 5.79. The van der Waals surface area contributed by atoms with Crippen LogP contribution in [0.15, 0.2) is 28.7 Å². The minimum atomic E-state index is 0.130. The lowest BCUT2D eigenvalue weighted by molar-refractivity contribution is 0.171. The maximum Gasteiger partial charge on any atom is 0.179 e. The van der Waals surface area contributed by atoms with Gasteiger partial charge in [0.1, 0.15) is 24.7 Å². The second-order valence-electron chi connectivity index (χ2n) is 5.15. The van der Waals surface area contributed by atoms with Crippen molar-refractivity contribution >= 4 is 11.6 Å². The molecule has 21 heavy (non-hydrogen) atoms. The lowest BCUT2D eigenvalue weighted by Crippen LogP contribution is -2.19. The molecule has 5 heteroatoms. The number of benzene rings is 1. The van der Waals surface area contributed by atoms with Gasteiger partial charge < -0.3 is 19.2 Å². The van der Waals surface area contributed by atoms with E-state index in [1.54, 1.807) is 0 Å². The van der Waals surface area contributed by atoms with Gasteiger partial charge in [0.15, 0.2) is 11.5 Å². The van der Waals surface area contributed by atoms with Crippen molar-refractivity contribution in [2.75, 3.05) is 13.2 Å². The highest BCUT2D eigenvalue weighted by Gasteiger charge is 2.17. The van der Waals surface area contributed by atoms with E-state index in [-0.39, 0.29) is 6.04 Å². The molecule has 1 atom stereocenters. The van der Waals surface area contributed by atoms with Crippen molar-refractivity contribution in [1.29, 1.82) is 0 Å². The summed E-state index contributed by atoms with van der Waals surface area (Å²) in [5, 5.41) is 4.00. The normalized spacial score (nSPS) is 15.0. The van der Waals surface area contributed by atoms with Gasteiger partial charge in [0, 0.05) is 6.54 Å². The number of nitrogens with one attached hydrogen (secondary N) is 1. The van der Waals surface area contributed by atoms with Gasteiger partial charge in [-0.1, -0.05) is 11.6 Å². The first-order valence-electron chi connectivity index (χ1n) is 7.01. The molecule has 0 radical (unpaired) electrons. The lowest BCUT2D eigenvalue weighted by Gasteiger charge is -2.20. The third kappa shape index (κ3) is 3.17. The SMILES string of the molecule is Cc1ccc([C@@H](C)NCc2cc(Cl)c3c(c2)OCCO3)o1. The Labute approximate surface area is 129 Å². The van der Waals surface area contributed by atoms with Crippen LogP contribution < -0.4 is 14.8 Å². The molecule has 0 saturated carbocycles. The third-order valence-electron chi connectivity index (χ3n) is 3.46. The predicted octanol–water partition coefficient (Wildman–Crippen LogP) is 3.86. The highest BCUT2D eigenvalue weighted by atomic mass is 35.5. The summed E-state index contributed by atoms with van der Waals surface area (Å²) in [5.41, 5.74) is 1.05. The summed E-state index contributed by atoms with van der Waals surface area (Å²) in [4.78, 5) is 0. The number of hydrogen-bond acceptors (Lipinski definition) is 4. The summed E-state index contributed by atoms with van der Waals surface area (Å²) < 4.78 is 16.7. The van der Waals surface area contributed by atoms with Crippen LogP contribution in [0.25, 0.3) is 0 Å². The van der Waals surface area contributed by atoms with Crippen LogP contribution in [-0.2, 0) is 6.54 Å². The van der Waals surface area contributed by atoms with Crippen LogP contribution in [0.2, 0.25) is 5.02 Å². The molecule has 0 amide bonds. The molecule has 0 unspecified atom stereocenters. The average molecular weight is 308 g/mol. The van der Waals surface area contributed by atoms with Gasteiger partial charge in [-0.15, -0.1) is 0 Å². The molecule has 1 N–H and O–H groups in total. The van der Waals surface area contributed by atoms with Crippen LogP contribution in [0.3, 0.4) is 0 Å². The van der Waals surface area contributed by atoms with Crippen LogP contribution in [0.1, 0.15) is 30.0 Å². The molecule has 0 bridgehead atoms. The molecule has 3 rings (SSSR count). The Bertz CT molecular complexity index is 638. The van der Waals surface area contributed by atoms with Crippen LogP contribution in [-0.4, -0.2) is 13.2 Å². The summed E-state index contributed by atoms with van der Waals surface area (Å²) in [6, 6.07) is 7.96. The van der Waals surface area contributed by atoms with Crippen molar-refractivity contribution in [3.05, 3.63) is 46.4 Å². The standard InChI is InChI=1S/C16H18ClNO3/c1-10-3-4-14(21-10)11(2)18-9-12-7-13(17)16-15(8-12)19-5-6-20-16/h3-4,7-8,11,18H,5-6,9H2,1-2H3/t11-/m1/s1. The van der Waals surface area contributed by atoms with Crippen LogP contribution in [0.4, 0.5) is 0 Å². The Hall–Kier alpha value is -1.65. The minimum absolute atomic E-state index is 0.130. The monoisotopic (exact) mass is 307 g/mol. The zero-order valence-corrected chi connectivity index (χ0v) is 12.9. The molecule has 0 saturated heterocycles. The van der Waals surface area contributed by atoms with Crippen LogP contribution in [0, 0.1) is 6.92 Å². The number of halogens is 1. The second kappa shape index (κ2) is 6.00. The maximum atomic E-state index is 6.23. The molecule has 0 spiro atoms. The Morgan fingerprint density at radius 2 is 2.05 bits per heavy atom. The van der Waals surface area contributed by atoms with Crippen molar-refractivity contribution in [3.8, 4) is 11.5 Å². The first-order chi connectivity index (χ1) is 10.1. The van der Waals surface area contributed by atoms with Gasteiger partial charge in [-0.3, -0.25) is 0 Å². The van der Waals surface area contributed by atoms with Gasteiger partial charge in [0.25, 0.3) is 0 Å². The van der Waals surface area contributed by atoms with Gasteiger partial charge >= 0.3 is 0 Å². The molecule has 1 aromatic carbocycles. The topological polar surface area (TPSA) is 43.6 Å². The van der Waals surface area contributed by atoms with E-state index >= 15 is 0 Å². The zero-order valence-electron chi connectivity index (χ0n) is 12.1. The highest BCUT2D eigenvalue weighted by Crippen LogP contribution is 2.38. The first kappa shape index (κ1) is 14.3. The van der Waals surface area contributed by atoms with Gasteiger partial charge in [0.05, 0.1) is 11.1 Å². The first-order valence-corrected chi connectivity index (χ1v) is 7.39. The Morgan fingerprint density at radius 1 is 1.24 bits per heavy atom. The second-order valence-corrected chi connectivity index (χ2v) is 5.56. The number of fused-ring (bicyclic) bond motifs is 1. The lowest BCUT2D eigenvalue weighted by atomic mass is 10.1. The Kier molecular flexibility index (Phi) is 4.08. The van der Waals surface area contributed by atoms with E-state index in [1.807, 2.05) is 31.2 Å². The van der Waals surface area contributed by atoms with Crippen molar-refractivity contribution in [3.63, 3.8) is 0 Å².